The lowest BCUT2D eigenvalue weighted by molar-refractivity contribution is 0.0693. The summed E-state index contributed by atoms with van der Waals surface area (Å²) in [5.41, 5.74) is 13.1. The summed E-state index contributed by atoms with van der Waals surface area (Å²) in [5, 5.41) is 3.02. The van der Waals surface area contributed by atoms with Gasteiger partial charge in [-0.05, 0) is 30.3 Å². The lowest BCUT2D eigenvalue weighted by Gasteiger charge is -2.08. The lowest BCUT2D eigenvalue weighted by Crippen LogP contribution is -2.24. The summed E-state index contributed by atoms with van der Waals surface area (Å²) in [7, 11) is 1.46. The van der Waals surface area contributed by atoms with E-state index in [1.165, 1.54) is 7.05 Å². The van der Waals surface area contributed by atoms with Gasteiger partial charge in [-0.3, -0.25) is 14.5 Å². The maximum atomic E-state index is 11.9. The fourth-order valence-electron chi connectivity index (χ4n) is 2.14. The highest BCUT2D eigenvalue weighted by Gasteiger charge is 2.32. The van der Waals surface area contributed by atoms with Crippen LogP contribution in [-0.2, 0) is 0 Å². The Labute approximate surface area is 120 Å². The highest BCUT2D eigenvalue weighted by atomic mass is 16.2. The Bertz CT molecular complexity index is 772. The molecule has 0 aliphatic carbocycles. The van der Waals surface area contributed by atoms with E-state index in [1.807, 2.05) is 0 Å². The summed E-state index contributed by atoms with van der Waals surface area (Å²) in [4.78, 5) is 28.9. The van der Waals surface area contributed by atoms with Gasteiger partial charge in [0.15, 0.2) is 0 Å². The first-order valence-electron chi connectivity index (χ1n) is 6.23. The Morgan fingerprint density at radius 3 is 2.48 bits per heavy atom. The second-order valence-corrected chi connectivity index (χ2v) is 4.73. The van der Waals surface area contributed by atoms with Gasteiger partial charge in [0.25, 0.3) is 11.8 Å². The quantitative estimate of drug-likeness (QED) is 0.714. The molecule has 1 aromatic carbocycles. The topological polar surface area (TPSA) is 114 Å². The van der Waals surface area contributed by atoms with E-state index in [0.29, 0.717) is 28.3 Å². The van der Waals surface area contributed by atoms with E-state index in [0.717, 1.165) is 4.90 Å². The minimum absolute atomic E-state index is 0.229. The summed E-state index contributed by atoms with van der Waals surface area (Å²) in [6.45, 7) is 0. The number of pyridine rings is 1. The molecule has 0 atom stereocenters. The monoisotopic (exact) mass is 283 g/mol. The molecule has 106 valence electrons. The van der Waals surface area contributed by atoms with Crippen molar-refractivity contribution in [1.82, 2.24) is 9.88 Å². The highest BCUT2D eigenvalue weighted by Crippen LogP contribution is 2.26. The Morgan fingerprint density at radius 1 is 1.05 bits per heavy atom. The fraction of sp³-hybridized carbons (Fsp3) is 0.0714. The van der Waals surface area contributed by atoms with Crippen LogP contribution in [0.25, 0.3) is 0 Å². The maximum absolute atomic E-state index is 11.9. The number of rotatable bonds is 2. The molecule has 5 N–H and O–H groups in total. The molecule has 2 aromatic rings. The number of hydrogen-bond donors (Lipinski definition) is 3. The zero-order chi connectivity index (χ0) is 15.1. The first-order valence-corrected chi connectivity index (χ1v) is 6.23. The van der Waals surface area contributed by atoms with Crippen LogP contribution in [0, 0.1) is 0 Å². The summed E-state index contributed by atoms with van der Waals surface area (Å²) in [6, 6.07) is 8.26. The Morgan fingerprint density at radius 2 is 1.76 bits per heavy atom. The minimum Gasteiger partial charge on any atom is -0.396 e. The van der Waals surface area contributed by atoms with Gasteiger partial charge in [-0.15, -0.1) is 0 Å². The number of nitrogen functional groups attached to an aromatic ring is 2. The number of fused-ring (bicyclic) bond motifs is 1. The SMILES string of the molecule is CN1C(=O)c2ccc(Nc3ccc(N)c(N)n3)cc2C1=O. The molecule has 2 heterocycles. The van der Waals surface area contributed by atoms with E-state index < -0.39 is 0 Å². The molecule has 21 heavy (non-hydrogen) atoms. The Balaban J connectivity index is 1.93. The van der Waals surface area contributed by atoms with E-state index in [-0.39, 0.29) is 17.6 Å². The molecule has 0 unspecified atom stereocenters. The number of nitrogens with zero attached hydrogens (tertiary/aromatic N) is 2. The fourth-order valence-corrected chi connectivity index (χ4v) is 2.14. The van der Waals surface area contributed by atoms with Crippen molar-refractivity contribution in [2.75, 3.05) is 23.8 Å². The van der Waals surface area contributed by atoms with E-state index in [1.54, 1.807) is 30.3 Å². The standard InChI is InChI=1S/C14H13N5O2/c1-19-13(20)8-3-2-7(6-9(8)14(19)21)17-11-5-4-10(15)12(16)18-11/h2-6H,15H2,1H3,(H3,16,17,18). The van der Waals surface area contributed by atoms with Gasteiger partial charge in [-0.1, -0.05) is 0 Å². The van der Waals surface area contributed by atoms with Crippen LogP contribution in [0.2, 0.25) is 0 Å². The van der Waals surface area contributed by atoms with Crippen molar-refractivity contribution in [2.45, 2.75) is 0 Å². The number of nitrogens with one attached hydrogen (secondary N) is 1. The number of carbonyl (C=O) groups is 2. The molecule has 7 nitrogen and oxygen atoms in total. The first kappa shape index (κ1) is 12.9. The summed E-state index contributed by atoms with van der Waals surface area (Å²) in [5.74, 6) is 0.124. The maximum Gasteiger partial charge on any atom is 0.261 e. The van der Waals surface area contributed by atoms with Crippen molar-refractivity contribution in [2.24, 2.45) is 0 Å². The van der Waals surface area contributed by atoms with Gasteiger partial charge in [0.1, 0.15) is 11.6 Å². The van der Waals surface area contributed by atoms with E-state index in [9.17, 15) is 9.59 Å². The van der Waals surface area contributed by atoms with Crippen LogP contribution in [-0.4, -0.2) is 28.7 Å². The van der Waals surface area contributed by atoms with Crippen LogP contribution < -0.4 is 16.8 Å². The van der Waals surface area contributed by atoms with E-state index in [4.69, 9.17) is 11.5 Å². The number of carbonyl (C=O) groups excluding carboxylic acids is 2. The third-order valence-electron chi connectivity index (χ3n) is 3.32. The van der Waals surface area contributed by atoms with Crippen LogP contribution >= 0.6 is 0 Å². The zero-order valence-electron chi connectivity index (χ0n) is 11.3. The van der Waals surface area contributed by atoms with Gasteiger partial charge >= 0.3 is 0 Å². The molecule has 1 aliphatic heterocycles. The third-order valence-corrected chi connectivity index (χ3v) is 3.32. The van der Waals surface area contributed by atoms with Crippen LogP contribution in [0.15, 0.2) is 30.3 Å². The van der Waals surface area contributed by atoms with Gasteiger partial charge in [-0.25, -0.2) is 4.98 Å². The molecule has 1 aliphatic rings. The van der Waals surface area contributed by atoms with Gasteiger partial charge in [0.2, 0.25) is 0 Å². The number of amides is 2. The number of hydrogen-bond acceptors (Lipinski definition) is 6. The minimum atomic E-state index is -0.316. The van der Waals surface area contributed by atoms with Crippen molar-refractivity contribution < 1.29 is 9.59 Å². The van der Waals surface area contributed by atoms with Crippen molar-refractivity contribution in [3.63, 3.8) is 0 Å². The molecule has 1 aromatic heterocycles. The van der Waals surface area contributed by atoms with Crippen molar-refractivity contribution >= 4 is 34.8 Å². The molecule has 3 rings (SSSR count). The second-order valence-electron chi connectivity index (χ2n) is 4.73. The molecule has 0 spiro atoms. The number of nitrogens with two attached hydrogens (primary N) is 2. The van der Waals surface area contributed by atoms with Gasteiger partial charge in [-0.2, -0.15) is 0 Å². The van der Waals surface area contributed by atoms with Gasteiger partial charge in [0.05, 0.1) is 16.8 Å². The third kappa shape index (κ3) is 2.04. The lowest BCUT2D eigenvalue weighted by atomic mass is 10.1. The number of aromatic nitrogens is 1. The molecule has 0 radical (unpaired) electrons. The van der Waals surface area contributed by atoms with Crippen molar-refractivity contribution in [1.29, 1.82) is 0 Å². The second kappa shape index (κ2) is 4.48. The molecule has 7 heteroatoms. The zero-order valence-corrected chi connectivity index (χ0v) is 11.3. The Hall–Kier alpha value is -3.09. The number of imide groups is 1. The van der Waals surface area contributed by atoms with E-state index >= 15 is 0 Å². The summed E-state index contributed by atoms with van der Waals surface area (Å²) in [6.07, 6.45) is 0. The van der Waals surface area contributed by atoms with Crippen molar-refractivity contribution in [3.8, 4) is 0 Å². The molecule has 2 amide bonds. The number of anilines is 4. The molecule has 0 saturated heterocycles. The average molecular weight is 283 g/mol. The molecule has 0 bridgehead atoms. The van der Waals surface area contributed by atoms with Gasteiger partial charge in [0, 0.05) is 12.7 Å². The predicted octanol–water partition coefficient (Wildman–Crippen LogP) is 1.22. The van der Waals surface area contributed by atoms with Crippen LogP contribution in [0.5, 0.6) is 0 Å². The molecule has 0 saturated carbocycles. The van der Waals surface area contributed by atoms with Crippen LogP contribution in [0.3, 0.4) is 0 Å². The highest BCUT2D eigenvalue weighted by molar-refractivity contribution is 6.21. The summed E-state index contributed by atoms with van der Waals surface area (Å²) < 4.78 is 0. The number of benzene rings is 1. The van der Waals surface area contributed by atoms with Crippen LogP contribution in [0.4, 0.5) is 23.0 Å². The molecular formula is C14H13N5O2. The summed E-state index contributed by atoms with van der Waals surface area (Å²) >= 11 is 0. The predicted molar refractivity (Wildman–Crippen MR) is 79.2 cm³/mol. The molecular weight excluding hydrogens is 270 g/mol. The van der Waals surface area contributed by atoms with E-state index in [2.05, 4.69) is 10.3 Å². The van der Waals surface area contributed by atoms with Gasteiger partial charge < -0.3 is 16.8 Å². The average Bonchev–Trinajstić information content (AvgIpc) is 2.68. The molecule has 0 fully saturated rings. The normalized spacial score (nSPS) is 13.5. The smallest absolute Gasteiger partial charge is 0.261 e. The Kier molecular flexibility index (Phi) is 2.76. The largest absolute Gasteiger partial charge is 0.396 e. The van der Waals surface area contributed by atoms with Crippen molar-refractivity contribution in [3.05, 3.63) is 41.5 Å². The van der Waals surface area contributed by atoms with Crippen LogP contribution in [0.1, 0.15) is 20.7 Å². The first-order chi connectivity index (χ1) is 9.97.